The molecular formula is C14H16N3O3P. The molecular weight excluding hydrogens is 289 g/mol. The number of nitrogens with zero attached hydrogens (tertiary/aromatic N) is 2. The monoisotopic (exact) mass is 305 g/mol. The van der Waals surface area contributed by atoms with Crippen molar-refractivity contribution in [3.63, 3.8) is 0 Å². The zero-order valence-corrected chi connectivity index (χ0v) is 12.4. The minimum absolute atomic E-state index is 0.0183. The quantitative estimate of drug-likeness (QED) is 0.451. The van der Waals surface area contributed by atoms with E-state index in [4.69, 9.17) is 5.53 Å². The summed E-state index contributed by atoms with van der Waals surface area (Å²) in [6.45, 7) is 2.07. The van der Waals surface area contributed by atoms with Crippen LogP contribution in [0.1, 0.15) is 18.9 Å². The van der Waals surface area contributed by atoms with Crippen molar-refractivity contribution in [1.29, 1.82) is 0 Å². The fourth-order valence-corrected chi connectivity index (χ4v) is 2.80. The van der Waals surface area contributed by atoms with Crippen LogP contribution in [-0.2, 0) is 11.0 Å². The maximum absolute atomic E-state index is 11.4. The lowest BCUT2D eigenvalue weighted by Crippen LogP contribution is -2.12. The maximum Gasteiger partial charge on any atom is 0.363 e. The number of hydrogen-bond acceptors (Lipinski definition) is 2. The molecule has 1 aromatic carbocycles. The van der Waals surface area contributed by atoms with Crippen LogP contribution in [0.2, 0.25) is 0 Å². The molecule has 0 unspecified atom stereocenters. The SMILES string of the molecule is CCc1ccc(NC2=CCC(=[N+]=[N-])C(P(=O)(O)O)=C2)cc1. The molecule has 0 aliphatic heterocycles. The highest BCUT2D eigenvalue weighted by molar-refractivity contribution is 7.58. The summed E-state index contributed by atoms with van der Waals surface area (Å²) in [5.41, 5.74) is 11.4. The largest absolute Gasteiger partial charge is 0.363 e. The smallest absolute Gasteiger partial charge is 0.361 e. The molecule has 0 bridgehead atoms. The third-order valence-electron chi connectivity index (χ3n) is 3.19. The van der Waals surface area contributed by atoms with E-state index in [2.05, 4.69) is 17.0 Å². The molecule has 1 aromatic rings. The van der Waals surface area contributed by atoms with Gasteiger partial charge in [-0.25, -0.2) is 0 Å². The molecule has 0 saturated heterocycles. The molecule has 2 rings (SSSR count). The first-order valence-electron chi connectivity index (χ1n) is 6.49. The molecule has 6 nitrogen and oxygen atoms in total. The first-order chi connectivity index (χ1) is 9.94. The van der Waals surface area contributed by atoms with Crippen LogP contribution in [-0.4, -0.2) is 20.3 Å². The van der Waals surface area contributed by atoms with E-state index in [1.54, 1.807) is 6.08 Å². The Morgan fingerprint density at radius 3 is 2.52 bits per heavy atom. The summed E-state index contributed by atoms with van der Waals surface area (Å²) in [5, 5.41) is 2.82. The average molecular weight is 305 g/mol. The van der Waals surface area contributed by atoms with Crippen LogP contribution < -0.4 is 5.32 Å². The average Bonchev–Trinajstić information content (AvgIpc) is 2.47. The fraction of sp³-hybridized carbons (Fsp3) is 0.214. The normalized spacial score (nSPS) is 15.1. The van der Waals surface area contributed by atoms with Gasteiger partial charge in [-0.3, -0.25) is 4.57 Å². The van der Waals surface area contributed by atoms with Crippen molar-refractivity contribution in [3.8, 4) is 0 Å². The van der Waals surface area contributed by atoms with Gasteiger partial charge in [0.05, 0.1) is 6.42 Å². The minimum atomic E-state index is -4.48. The van der Waals surface area contributed by atoms with Gasteiger partial charge in [0.1, 0.15) is 0 Å². The van der Waals surface area contributed by atoms with Crippen LogP contribution in [0.25, 0.3) is 5.53 Å². The number of rotatable bonds is 4. The van der Waals surface area contributed by atoms with Crippen molar-refractivity contribution in [2.45, 2.75) is 19.8 Å². The predicted octanol–water partition coefficient (Wildman–Crippen LogP) is 2.68. The Labute approximate surface area is 122 Å². The van der Waals surface area contributed by atoms with Gasteiger partial charge in [0.15, 0.2) is 5.31 Å². The number of benzene rings is 1. The molecule has 0 fully saturated rings. The van der Waals surface area contributed by atoms with E-state index >= 15 is 0 Å². The molecule has 0 saturated carbocycles. The van der Waals surface area contributed by atoms with Crippen LogP contribution in [0.4, 0.5) is 5.69 Å². The van der Waals surface area contributed by atoms with E-state index < -0.39 is 7.60 Å². The van der Waals surface area contributed by atoms with E-state index in [0.29, 0.717) is 5.70 Å². The van der Waals surface area contributed by atoms with Gasteiger partial charge in [-0.15, -0.1) is 0 Å². The summed E-state index contributed by atoms with van der Waals surface area (Å²) in [4.78, 5) is 21.5. The van der Waals surface area contributed by atoms with E-state index in [-0.39, 0.29) is 17.4 Å². The number of aryl methyl sites for hydroxylation is 1. The first kappa shape index (κ1) is 15.4. The summed E-state index contributed by atoms with van der Waals surface area (Å²) >= 11 is 0. The van der Waals surface area contributed by atoms with Crippen molar-refractivity contribution >= 4 is 19.0 Å². The van der Waals surface area contributed by atoms with Crippen molar-refractivity contribution < 1.29 is 19.1 Å². The van der Waals surface area contributed by atoms with Crippen LogP contribution in [0.3, 0.4) is 0 Å². The lowest BCUT2D eigenvalue weighted by molar-refractivity contribution is -0.00600. The van der Waals surface area contributed by atoms with Gasteiger partial charge in [0, 0.05) is 11.4 Å². The fourth-order valence-electron chi connectivity index (χ4n) is 2.02. The summed E-state index contributed by atoms with van der Waals surface area (Å²) in [7, 11) is -4.48. The topological polar surface area (TPSA) is 106 Å². The Hall–Kier alpha value is -1.97. The first-order valence-corrected chi connectivity index (χ1v) is 8.10. The molecule has 0 spiro atoms. The van der Waals surface area contributed by atoms with Crippen LogP contribution >= 0.6 is 7.60 Å². The summed E-state index contributed by atoms with van der Waals surface area (Å²) < 4.78 is 11.4. The third kappa shape index (κ3) is 3.78. The zero-order valence-electron chi connectivity index (χ0n) is 11.5. The Morgan fingerprint density at radius 1 is 1.33 bits per heavy atom. The second kappa shape index (κ2) is 6.20. The molecule has 0 heterocycles. The Morgan fingerprint density at radius 2 is 2.00 bits per heavy atom. The molecule has 0 atom stereocenters. The Balaban J connectivity index is 2.25. The second-order valence-electron chi connectivity index (χ2n) is 4.66. The predicted molar refractivity (Wildman–Crippen MR) is 80.9 cm³/mol. The van der Waals surface area contributed by atoms with Gasteiger partial charge < -0.3 is 20.6 Å². The van der Waals surface area contributed by atoms with E-state index in [0.717, 1.165) is 12.1 Å². The minimum Gasteiger partial charge on any atom is -0.361 e. The van der Waals surface area contributed by atoms with Gasteiger partial charge in [-0.2, -0.15) is 4.79 Å². The summed E-state index contributed by atoms with van der Waals surface area (Å²) in [6.07, 6.45) is 4.12. The highest BCUT2D eigenvalue weighted by Crippen LogP contribution is 2.47. The van der Waals surface area contributed by atoms with Crippen molar-refractivity contribution in [3.05, 3.63) is 58.5 Å². The van der Waals surface area contributed by atoms with Crippen LogP contribution in [0, 0.1) is 0 Å². The van der Waals surface area contributed by atoms with Crippen molar-refractivity contribution in [2.24, 2.45) is 0 Å². The zero-order chi connectivity index (χ0) is 15.5. The molecule has 0 radical (unpaired) electrons. The van der Waals surface area contributed by atoms with E-state index in [1.165, 1.54) is 11.6 Å². The maximum atomic E-state index is 11.4. The van der Waals surface area contributed by atoms with Gasteiger partial charge in [-0.1, -0.05) is 19.1 Å². The van der Waals surface area contributed by atoms with E-state index in [9.17, 15) is 14.4 Å². The van der Waals surface area contributed by atoms with Crippen molar-refractivity contribution in [2.75, 3.05) is 5.32 Å². The number of anilines is 1. The van der Waals surface area contributed by atoms with Gasteiger partial charge >= 0.3 is 13.3 Å². The van der Waals surface area contributed by atoms with Gasteiger partial charge in [-0.05, 0) is 36.3 Å². The third-order valence-corrected chi connectivity index (χ3v) is 4.20. The number of allylic oxidation sites excluding steroid dienone is 3. The number of nitrogens with one attached hydrogen (secondary N) is 1. The highest BCUT2D eigenvalue weighted by Gasteiger charge is 2.33. The van der Waals surface area contributed by atoms with Gasteiger partial charge in [0.25, 0.3) is 0 Å². The molecule has 21 heavy (non-hydrogen) atoms. The van der Waals surface area contributed by atoms with Crippen LogP contribution in [0.15, 0.2) is 47.4 Å². The molecule has 1 aliphatic carbocycles. The molecule has 3 N–H and O–H groups in total. The highest BCUT2D eigenvalue weighted by atomic mass is 31.2. The molecule has 0 aromatic heterocycles. The lowest BCUT2D eigenvalue weighted by Gasteiger charge is -2.14. The molecule has 110 valence electrons. The van der Waals surface area contributed by atoms with E-state index in [1.807, 2.05) is 24.3 Å². The van der Waals surface area contributed by atoms with Crippen LogP contribution in [0.5, 0.6) is 0 Å². The van der Waals surface area contributed by atoms with Crippen molar-refractivity contribution in [1.82, 2.24) is 0 Å². The summed E-state index contributed by atoms with van der Waals surface area (Å²) in [6, 6.07) is 7.78. The Kier molecular flexibility index (Phi) is 4.56. The standard InChI is InChI=1S/C14H16N3O3P/c1-2-10-3-5-11(6-4-10)16-12-7-8-13(17-15)14(9-12)21(18,19)20/h3-7,9,16H,2,8H2,1H3,(H2,18,19,20). The number of hydrogen-bond donors (Lipinski definition) is 3. The molecule has 1 aliphatic rings. The molecule has 0 amide bonds. The lowest BCUT2D eigenvalue weighted by atomic mass is 10.1. The Bertz CT molecular complexity index is 695. The second-order valence-corrected chi connectivity index (χ2v) is 6.23. The molecule has 7 heteroatoms. The van der Waals surface area contributed by atoms with Gasteiger partial charge in [0.2, 0.25) is 0 Å². The summed E-state index contributed by atoms with van der Waals surface area (Å²) in [5.74, 6) is 0.